The van der Waals surface area contributed by atoms with E-state index in [2.05, 4.69) is 5.32 Å². The van der Waals surface area contributed by atoms with E-state index in [1.807, 2.05) is 13.8 Å². The molecule has 12 heteroatoms. The second-order valence-electron chi connectivity index (χ2n) is 11.2. The van der Waals surface area contributed by atoms with E-state index in [1.165, 1.54) is 19.2 Å². The summed E-state index contributed by atoms with van der Waals surface area (Å²) in [5.41, 5.74) is -1.05. The van der Waals surface area contributed by atoms with Gasteiger partial charge in [-0.15, -0.1) is 0 Å². The maximum Gasteiger partial charge on any atom is 0.514 e. The third-order valence-corrected chi connectivity index (χ3v) is 6.64. The number of carbonyl (C=O) groups excluding carboxylic acids is 4. The smallest absolute Gasteiger partial charge is 0.468 e. The largest absolute Gasteiger partial charge is 0.514 e. The van der Waals surface area contributed by atoms with Gasteiger partial charge in [0.25, 0.3) is 0 Å². The van der Waals surface area contributed by atoms with E-state index in [0.29, 0.717) is 24.2 Å². The van der Waals surface area contributed by atoms with Crippen LogP contribution in [0.2, 0.25) is 0 Å². The molecule has 2 aromatic rings. The topological polar surface area (TPSA) is 145 Å². The molecule has 0 amide bonds. The molecule has 0 fully saturated rings. The molecule has 12 nitrogen and oxygen atoms in total. The molecule has 1 N–H and O–H groups in total. The first-order valence-electron chi connectivity index (χ1n) is 14.4. The Bertz CT molecular complexity index is 1260. The van der Waals surface area contributed by atoms with E-state index in [1.54, 1.807) is 71.0 Å². The van der Waals surface area contributed by atoms with Gasteiger partial charge in [-0.05, 0) is 83.7 Å². The lowest BCUT2D eigenvalue weighted by atomic mass is 10.0. The van der Waals surface area contributed by atoms with Crippen molar-refractivity contribution in [3.63, 3.8) is 0 Å². The van der Waals surface area contributed by atoms with Crippen LogP contribution in [0, 0.1) is 0 Å². The first-order valence-corrected chi connectivity index (χ1v) is 14.4. The molecule has 2 atom stereocenters. The average molecular weight is 618 g/mol. The molecule has 2 rings (SSSR count). The highest BCUT2D eigenvalue weighted by Crippen LogP contribution is 2.31. The average Bonchev–Trinajstić information content (AvgIpc) is 2.95. The number of hydrogen-bond donors (Lipinski definition) is 1. The van der Waals surface area contributed by atoms with Crippen LogP contribution in [-0.2, 0) is 30.2 Å². The molecule has 0 heterocycles. The molecular formula is C32H43NO11. The summed E-state index contributed by atoms with van der Waals surface area (Å²) in [4.78, 5) is 49.8. The first-order chi connectivity index (χ1) is 20.7. The van der Waals surface area contributed by atoms with Crippen LogP contribution in [0.5, 0.6) is 17.2 Å². The lowest BCUT2D eigenvalue weighted by Gasteiger charge is -2.24. The number of nitrogens with one attached hydrogen (secondary N) is 1. The Morgan fingerprint density at radius 3 is 1.89 bits per heavy atom. The highest BCUT2D eigenvalue weighted by molar-refractivity contribution is 5.76. The van der Waals surface area contributed by atoms with E-state index < -0.39 is 47.8 Å². The van der Waals surface area contributed by atoms with Crippen molar-refractivity contribution in [2.75, 3.05) is 13.7 Å². The highest BCUT2D eigenvalue weighted by atomic mass is 16.8. The van der Waals surface area contributed by atoms with Crippen LogP contribution < -0.4 is 19.5 Å². The summed E-state index contributed by atoms with van der Waals surface area (Å²) in [5.74, 6) is -0.450. The second kappa shape index (κ2) is 16.5. The van der Waals surface area contributed by atoms with Gasteiger partial charge in [0.15, 0.2) is 11.5 Å². The lowest BCUT2D eigenvalue weighted by Crippen LogP contribution is -2.43. The van der Waals surface area contributed by atoms with Gasteiger partial charge in [-0.2, -0.15) is 0 Å². The third-order valence-electron chi connectivity index (χ3n) is 6.64. The zero-order valence-electron chi connectivity index (χ0n) is 26.6. The van der Waals surface area contributed by atoms with Crippen molar-refractivity contribution >= 4 is 24.4 Å². The SMILES string of the molecule is CCC(C)(C)OC(=O)Oc1ccc(C[C@H](NCC(C)OC(=O)Oc2ccccc2)C(=O)OC)cc1OC(=O)OC(C)(C)CC. The fourth-order valence-electron chi connectivity index (χ4n) is 3.40. The van der Waals surface area contributed by atoms with E-state index in [-0.39, 0.29) is 24.5 Å². The predicted octanol–water partition coefficient (Wildman–Crippen LogP) is 6.37. The van der Waals surface area contributed by atoms with Gasteiger partial charge >= 0.3 is 24.4 Å². The Balaban J connectivity index is 2.18. The molecule has 0 saturated carbocycles. The fourth-order valence-corrected chi connectivity index (χ4v) is 3.40. The van der Waals surface area contributed by atoms with Crippen LogP contribution in [0.4, 0.5) is 14.4 Å². The monoisotopic (exact) mass is 617 g/mol. The molecular weight excluding hydrogens is 574 g/mol. The molecule has 242 valence electrons. The van der Waals surface area contributed by atoms with E-state index in [4.69, 9.17) is 33.2 Å². The van der Waals surface area contributed by atoms with Gasteiger partial charge in [0.1, 0.15) is 29.1 Å². The molecule has 0 bridgehead atoms. The van der Waals surface area contributed by atoms with Crippen molar-refractivity contribution in [1.82, 2.24) is 5.32 Å². The van der Waals surface area contributed by atoms with Crippen molar-refractivity contribution in [1.29, 1.82) is 0 Å². The van der Waals surface area contributed by atoms with Gasteiger partial charge in [-0.1, -0.05) is 38.1 Å². The number of para-hydroxylation sites is 1. The number of hydrogen-bond acceptors (Lipinski definition) is 12. The lowest BCUT2D eigenvalue weighted by molar-refractivity contribution is -0.143. The number of carbonyl (C=O) groups is 4. The van der Waals surface area contributed by atoms with Crippen LogP contribution in [0.25, 0.3) is 0 Å². The van der Waals surface area contributed by atoms with Gasteiger partial charge in [0.05, 0.1) is 7.11 Å². The van der Waals surface area contributed by atoms with Gasteiger partial charge < -0.3 is 38.5 Å². The van der Waals surface area contributed by atoms with E-state index >= 15 is 0 Å². The normalized spacial score (nSPS) is 12.7. The Hall–Kier alpha value is -4.32. The van der Waals surface area contributed by atoms with Crippen LogP contribution >= 0.6 is 0 Å². The maximum atomic E-state index is 12.6. The summed E-state index contributed by atoms with van der Waals surface area (Å²) in [7, 11) is 1.24. The summed E-state index contributed by atoms with van der Waals surface area (Å²) >= 11 is 0. The molecule has 0 aliphatic rings. The van der Waals surface area contributed by atoms with Crippen molar-refractivity contribution in [2.45, 2.75) is 91.1 Å². The molecule has 0 aromatic heterocycles. The summed E-state index contributed by atoms with van der Waals surface area (Å²) in [6, 6.07) is 12.0. The fraction of sp³-hybridized carbons (Fsp3) is 0.500. The summed E-state index contributed by atoms with van der Waals surface area (Å²) in [6.07, 6.45) is -2.39. The minimum Gasteiger partial charge on any atom is -0.468 e. The Morgan fingerprint density at radius 1 is 0.773 bits per heavy atom. The molecule has 0 spiro atoms. The maximum absolute atomic E-state index is 12.6. The number of rotatable bonds is 14. The van der Waals surface area contributed by atoms with Crippen molar-refractivity contribution in [3.8, 4) is 17.2 Å². The third kappa shape index (κ3) is 12.5. The van der Waals surface area contributed by atoms with Gasteiger partial charge in [0.2, 0.25) is 0 Å². The zero-order valence-corrected chi connectivity index (χ0v) is 26.6. The minimum atomic E-state index is -1.00. The molecule has 2 aromatic carbocycles. The molecule has 1 unspecified atom stereocenters. The Morgan fingerprint density at radius 2 is 1.34 bits per heavy atom. The van der Waals surface area contributed by atoms with Crippen LogP contribution in [0.3, 0.4) is 0 Å². The van der Waals surface area contributed by atoms with Crippen molar-refractivity contribution in [2.24, 2.45) is 0 Å². The Kier molecular flexibility index (Phi) is 13.5. The summed E-state index contributed by atoms with van der Waals surface area (Å²) in [5, 5.41) is 3.02. The van der Waals surface area contributed by atoms with Crippen molar-refractivity contribution < 1.29 is 52.3 Å². The molecule has 44 heavy (non-hydrogen) atoms. The number of ether oxygens (including phenoxy) is 7. The zero-order chi connectivity index (χ0) is 32.9. The summed E-state index contributed by atoms with van der Waals surface area (Å²) < 4.78 is 36.9. The quantitative estimate of drug-likeness (QED) is 0.143. The first kappa shape index (κ1) is 35.9. The van der Waals surface area contributed by atoms with Gasteiger partial charge in [-0.25, -0.2) is 14.4 Å². The van der Waals surface area contributed by atoms with Gasteiger partial charge in [-0.3, -0.25) is 4.79 Å². The Labute approximate surface area is 258 Å². The summed E-state index contributed by atoms with van der Waals surface area (Å²) in [6.45, 7) is 12.4. The number of benzene rings is 2. The van der Waals surface area contributed by atoms with E-state index in [0.717, 1.165) is 0 Å². The highest BCUT2D eigenvalue weighted by Gasteiger charge is 2.27. The molecule has 0 radical (unpaired) electrons. The van der Waals surface area contributed by atoms with Gasteiger partial charge in [0, 0.05) is 6.54 Å². The number of methoxy groups -OCH3 is 1. The predicted molar refractivity (Wildman–Crippen MR) is 160 cm³/mol. The van der Waals surface area contributed by atoms with Crippen molar-refractivity contribution in [3.05, 3.63) is 54.1 Å². The molecule has 0 aliphatic carbocycles. The van der Waals surface area contributed by atoms with Crippen LogP contribution in [0.15, 0.2) is 48.5 Å². The minimum absolute atomic E-state index is 0.0767. The van der Waals surface area contributed by atoms with Crippen LogP contribution in [-0.4, -0.2) is 61.4 Å². The second-order valence-corrected chi connectivity index (χ2v) is 11.2. The standard InChI is InChI=1S/C32H43NO11/c1-9-31(4,5)43-29(36)41-25-17-16-22(19-26(25)42-30(37)44-32(6,7)10-2)18-24(27(34)38-8)33-20-21(3)39-28(35)40-23-14-12-11-13-15-23/h11-17,19,21,24,33H,9-10,18,20H2,1-8H3/t21?,24-/m0/s1. The van der Waals surface area contributed by atoms with Crippen LogP contribution in [0.1, 0.15) is 66.9 Å². The number of esters is 1. The molecule has 0 aliphatic heterocycles. The van der Waals surface area contributed by atoms with E-state index in [9.17, 15) is 19.2 Å². The molecule has 0 saturated heterocycles.